The van der Waals surface area contributed by atoms with E-state index < -0.39 is 10.0 Å². The van der Waals surface area contributed by atoms with Crippen LogP contribution in [-0.2, 0) is 14.8 Å². The highest BCUT2D eigenvalue weighted by Crippen LogP contribution is 2.25. The molecule has 0 aliphatic carbocycles. The molecule has 6 nitrogen and oxygen atoms in total. The monoisotopic (exact) mass is 305 g/mol. The molecule has 1 rings (SSSR count). The Kier molecular flexibility index (Phi) is 5.30. The van der Waals surface area contributed by atoms with Crippen molar-refractivity contribution >= 4 is 33.2 Å². The average Bonchev–Trinajstić information content (AvgIpc) is 2.30. The predicted octanol–water partition coefficient (Wildman–Crippen LogP) is 0.911. The Hall–Kier alpha value is -1.15. The zero-order valence-corrected chi connectivity index (χ0v) is 12.0. The van der Waals surface area contributed by atoms with Gasteiger partial charge in [-0.05, 0) is 31.2 Å². The third-order valence-electron chi connectivity index (χ3n) is 2.57. The molecular weight excluding hydrogens is 290 g/mol. The smallest absolute Gasteiger partial charge is 0.238 e. The number of hydrogen-bond acceptors (Lipinski definition) is 4. The number of nitrogens with two attached hydrogens (primary N) is 2. The number of carbonyl (C=O) groups excluding carboxylic acids is 1. The summed E-state index contributed by atoms with van der Waals surface area (Å²) in [7, 11) is -3.84. The van der Waals surface area contributed by atoms with Gasteiger partial charge in [-0.1, -0.05) is 18.5 Å². The molecule has 0 saturated heterocycles. The standard InChI is InChI=1S/C11H16ClN3O3S/c1-7(4-5-13)11(16)15-10-6-8(19(14,17)18)2-3-9(10)12/h2-3,6-7H,4-5,13H2,1H3,(H,15,16)(H2,14,17,18). The lowest BCUT2D eigenvalue weighted by molar-refractivity contribution is -0.119. The van der Waals surface area contributed by atoms with Crippen LogP contribution in [0.5, 0.6) is 0 Å². The number of rotatable bonds is 5. The van der Waals surface area contributed by atoms with Gasteiger partial charge in [0.05, 0.1) is 15.6 Å². The lowest BCUT2D eigenvalue weighted by Gasteiger charge is -2.13. The van der Waals surface area contributed by atoms with Crippen molar-refractivity contribution in [2.45, 2.75) is 18.2 Å². The van der Waals surface area contributed by atoms with Gasteiger partial charge in [-0.15, -0.1) is 0 Å². The number of sulfonamides is 1. The first kappa shape index (κ1) is 15.9. The largest absolute Gasteiger partial charge is 0.330 e. The Morgan fingerprint density at radius 3 is 2.63 bits per heavy atom. The van der Waals surface area contributed by atoms with Gasteiger partial charge in [-0.25, -0.2) is 13.6 Å². The van der Waals surface area contributed by atoms with Crippen LogP contribution in [0.1, 0.15) is 13.3 Å². The average molecular weight is 306 g/mol. The summed E-state index contributed by atoms with van der Waals surface area (Å²) in [6.07, 6.45) is 0.526. The first-order valence-corrected chi connectivity index (χ1v) is 7.51. The molecule has 5 N–H and O–H groups in total. The van der Waals surface area contributed by atoms with Gasteiger partial charge in [0.15, 0.2) is 0 Å². The summed E-state index contributed by atoms with van der Waals surface area (Å²) in [5.41, 5.74) is 5.58. The summed E-state index contributed by atoms with van der Waals surface area (Å²) < 4.78 is 22.4. The molecular formula is C11H16ClN3O3S. The Balaban J connectivity index is 2.98. The lowest BCUT2D eigenvalue weighted by atomic mass is 10.1. The van der Waals surface area contributed by atoms with Gasteiger partial charge < -0.3 is 11.1 Å². The van der Waals surface area contributed by atoms with E-state index in [1.807, 2.05) is 0 Å². The van der Waals surface area contributed by atoms with Crippen molar-refractivity contribution in [3.05, 3.63) is 23.2 Å². The number of benzene rings is 1. The van der Waals surface area contributed by atoms with Crippen molar-refractivity contribution in [1.29, 1.82) is 0 Å². The second kappa shape index (κ2) is 6.33. The summed E-state index contributed by atoms with van der Waals surface area (Å²) in [5.74, 6) is -0.571. The Morgan fingerprint density at radius 1 is 1.47 bits per heavy atom. The molecule has 1 aromatic rings. The minimum Gasteiger partial charge on any atom is -0.330 e. The molecule has 0 aliphatic rings. The van der Waals surface area contributed by atoms with Crippen LogP contribution in [0.4, 0.5) is 5.69 Å². The summed E-state index contributed by atoms with van der Waals surface area (Å²) in [6.45, 7) is 2.11. The molecule has 106 valence electrons. The predicted molar refractivity (Wildman–Crippen MR) is 74.3 cm³/mol. The molecule has 0 bridgehead atoms. The zero-order chi connectivity index (χ0) is 14.6. The molecule has 19 heavy (non-hydrogen) atoms. The zero-order valence-electron chi connectivity index (χ0n) is 10.4. The van der Waals surface area contributed by atoms with Crippen molar-refractivity contribution in [2.24, 2.45) is 16.8 Å². The number of carbonyl (C=O) groups is 1. The fourth-order valence-corrected chi connectivity index (χ4v) is 2.12. The Morgan fingerprint density at radius 2 is 2.11 bits per heavy atom. The van der Waals surface area contributed by atoms with E-state index in [0.29, 0.717) is 13.0 Å². The van der Waals surface area contributed by atoms with Crippen molar-refractivity contribution < 1.29 is 13.2 Å². The second-order valence-electron chi connectivity index (χ2n) is 4.15. The SMILES string of the molecule is CC(CCN)C(=O)Nc1cc(S(N)(=O)=O)ccc1Cl. The van der Waals surface area contributed by atoms with Gasteiger partial charge in [0.1, 0.15) is 0 Å². The van der Waals surface area contributed by atoms with E-state index in [4.69, 9.17) is 22.5 Å². The molecule has 1 unspecified atom stereocenters. The lowest BCUT2D eigenvalue weighted by Crippen LogP contribution is -2.23. The molecule has 0 aromatic heterocycles. The minimum atomic E-state index is -3.84. The number of primary sulfonamides is 1. The summed E-state index contributed by atoms with van der Waals surface area (Å²) in [4.78, 5) is 11.7. The van der Waals surface area contributed by atoms with Crippen LogP contribution < -0.4 is 16.2 Å². The van der Waals surface area contributed by atoms with Crippen LogP contribution in [-0.4, -0.2) is 20.9 Å². The van der Waals surface area contributed by atoms with Gasteiger partial charge in [-0.2, -0.15) is 0 Å². The molecule has 0 saturated carbocycles. The fraction of sp³-hybridized carbons (Fsp3) is 0.364. The third kappa shape index (κ3) is 4.46. The van der Waals surface area contributed by atoms with Gasteiger partial charge in [0, 0.05) is 5.92 Å². The summed E-state index contributed by atoms with van der Waals surface area (Å²) in [6, 6.07) is 3.87. The minimum absolute atomic E-state index is 0.112. The van der Waals surface area contributed by atoms with Gasteiger partial charge in [0.25, 0.3) is 0 Å². The second-order valence-corrected chi connectivity index (χ2v) is 6.12. The van der Waals surface area contributed by atoms with E-state index in [-0.39, 0.29) is 27.4 Å². The van der Waals surface area contributed by atoms with Crippen LogP contribution in [0, 0.1) is 5.92 Å². The van der Waals surface area contributed by atoms with Crippen LogP contribution in [0.3, 0.4) is 0 Å². The number of halogens is 1. The normalized spacial score (nSPS) is 13.1. The highest BCUT2D eigenvalue weighted by molar-refractivity contribution is 7.89. The van der Waals surface area contributed by atoms with Crippen LogP contribution in [0.2, 0.25) is 5.02 Å². The maximum absolute atomic E-state index is 11.8. The fourth-order valence-electron chi connectivity index (χ4n) is 1.41. The molecule has 0 radical (unpaired) electrons. The van der Waals surface area contributed by atoms with Crippen molar-refractivity contribution in [2.75, 3.05) is 11.9 Å². The van der Waals surface area contributed by atoms with E-state index in [9.17, 15) is 13.2 Å². The van der Waals surface area contributed by atoms with Gasteiger partial charge >= 0.3 is 0 Å². The van der Waals surface area contributed by atoms with Crippen LogP contribution in [0.15, 0.2) is 23.1 Å². The molecule has 0 aliphatic heterocycles. The van der Waals surface area contributed by atoms with E-state index >= 15 is 0 Å². The van der Waals surface area contributed by atoms with Gasteiger partial charge in [0.2, 0.25) is 15.9 Å². The first-order valence-electron chi connectivity index (χ1n) is 5.59. The highest BCUT2D eigenvalue weighted by Gasteiger charge is 2.16. The third-order valence-corrected chi connectivity index (χ3v) is 3.81. The Labute approximate surface area is 117 Å². The van der Waals surface area contributed by atoms with E-state index in [1.165, 1.54) is 18.2 Å². The molecule has 0 heterocycles. The maximum atomic E-state index is 11.8. The van der Waals surface area contributed by atoms with E-state index in [0.717, 1.165) is 0 Å². The molecule has 0 spiro atoms. The molecule has 1 amide bonds. The first-order chi connectivity index (χ1) is 8.75. The van der Waals surface area contributed by atoms with Crippen LogP contribution >= 0.6 is 11.6 Å². The number of hydrogen-bond donors (Lipinski definition) is 3. The van der Waals surface area contributed by atoms with Crippen molar-refractivity contribution in [3.8, 4) is 0 Å². The van der Waals surface area contributed by atoms with Crippen molar-refractivity contribution in [3.63, 3.8) is 0 Å². The van der Waals surface area contributed by atoms with E-state index in [2.05, 4.69) is 5.32 Å². The van der Waals surface area contributed by atoms with Crippen molar-refractivity contribution in [1.82, 2.24) is 0 Å². The molecule has 8 heteroatoms. The quantitative estimate of drug-likeness (QED) is 0.749. The topological polar surface area (TPSA) is 115 Å². The molecule has 1 aromatic carbocycles. The summed E-state index contributed by atoms with van der Waals surface area (Å²) >= 11 is 5.90. The molecule has 0 fully saturated rings. The highest BCUT2D eigenvalue weighted by atomic mass is 35.5. The summed E-state index contributed by atoms with van der Waals surface area (Å²) in [5, 5.41) is 7.81. The molecule has 1 atom stereocenters. The van der Waals surface area contributed by atoms with Crippen LogP contribution in [0.25, 0.3) is 0 Å². The Bertz CT molecular complexity index is 575. The number of anilines is 1. The number of nitrogens with one attached hydrogen (secondary N) is 1. The van der Waals surface area contributed by atoms with Gasteiger partial charge in [-0.3, -0.25) is 4.79 Å². The van der Waals surface area contributed by atoms with E-state index in [1.54, 1.807) is 6.92 Å². The maximum Gasteiger partial charge on any atom is 0.238 e. The number of amides is 1.